The molecule has 0 fully saturated rings. The van der Waals surface area contributed by atoms with E-state index in [9.17, 15) is 10.1 Å². The average molecular weight is 326 g/mol. The summed E-state index contributed by atoms with van der Waals surface area (Å²) in [6.07, 6.45) is 3.06. The van der Waals surface area contributed by atoms with Crippen LogP contribution in [0.4, 0.5) is 5.69 Å². The number of nitro benzene ring substituents is 1. The molecule has 0 unspecified atom stereocenters. The van der Waals surface area contributed by atoms with Crippen molar-refractivity contribution in [1.82, 2.24) is 0 Å². The van der Waals surface area contributed by atoms with Gasteiger partial charge in [0.25, 0.3) is 0 Å². The summed E-state index contributed by atoms with van der Waals surface area (Å²) < 4.78 is 10.8. The minimum absolute atomic E-state index is 0.108. The first kappa shape index (κ1) is 15.0. The predicted molar refractivity (Wildman–Crippen MR) is 75.9 cm³/mol. The number of nitrogens with zero attached hydrogens (tertiary/aromatic N) is 1. The first-order chi connectivity index (χ1) is 8.93. The maximum absolute atomic E-state index is 10.9. The Labute approximate surface area is 119 Å². The van der Waals surface area contributed by atoms with E-state index in [-0.39, 0.29) is 17.2 Å². The van der Waals surface area contributed by atoms with Crippen molar-refractivity contribution in [2.75, 3.05) is 7.11 Å². The van der Waals surface area contributed by atoms with Crippen LogP contribution in [-0.4, -0.2) is 12.0 Å². The van der Waals surface area contributed by atoms with Gasteiger partial charge in [0.2, 0.25) is 5.75 Å². The maximum Gasteiger partial charge on any atom is 0.311 e. The van der Waals surface area contributed by atoms with E-state index in [1.807, 2.05) is 0 Å². The number of hydrogen-bond donors (Lipinski definition) is 0. The molecular weight excluding hydrogens is 314 g/mol. The largest absolute Gasteiger partial charge is 0.497 e. The SMILES string of the molecule is C=C(/C=C\C(=C)Oc1cc(Br)ccc1[N+](=O)[O-])OC. The molecule has 0 aliphatic heterocycles. The van der Waals surface area contributed by atoms with Crippen LogP contribution in [0.5, 0.6) is 5.75 Å². The summed E-state index contributed by atoms with van der Waals surface area (Å²) >= 11 is 3.22. The standard InChI is InChI=1S/C13H12BrNO4/c1-9(18-3)4-5-10(2)19-13-8-11(14)6-7-12(13)15(16)17/h4-8H,1-2H2,3H3/b5-4-. The third kappa shape index (κ3) is 4.59. The highest BCUT2D eigenvalue weighted by atomic mass is 79.9. The number of benzene rings is 1. The highest BCUT2D eigenvalue weighted by molar-refractivity contribution is 9.10. The fourth-order valence-corrected chi connectivity index (χ4v) is 1.49. The molecule has 100 valence electrons. The Morgan fingerprint density at radius 1 is 1.37 bits per heavy atom. The number of ether oxygens (including phenoxy) is 2. The van der Waals surface area contributed by atoms with E-state index in [2.05, 4.69) is 29.1 Å². The third-order valence-corrected chi connectivity index (χ3v) is 2.57. The Balaban J connectivity index is 2.90. The Hall–Kier alpha value is -2.08. The second-order valence-electron chi connectivity index (χ2n) is 3.44. The van der Waals surface area contributed by atoms with Crippen LogP contribution in [-0.2, 0) is 4.74 Å². The minimum atomic E-state index is -0.521. The van der Waals surface area contributed by atoms with Gasteiger partial charge in [0, 0.05) is 16.6 Å². The molecule has 0 bridgehead atoms. The number of halogens is 1. The van der Waals surface area contributed by atoms with Crippen LogP contribution >= 0.6 is 15.9 Å². The molecule has 0 aromatic heterocycles. The molecule has 0 heterocycles. The van der Waals surface area contributed by atoms with Crippen LogP contribution in [0.2, 0.25) is 0 Å². The summed E-state index contributed by atoms with van der Waals surface area (Å²) in [5, 5.41) is 10.9. The quantitative estimate of drug-likeness (QED) is 0.343. The van der Waals surface area contributed by atoms with Crippen molar-refractivity contribution in [3.05, 3.63) is 69.6 Å². The van der Waals surface area contributed by atoms with Crippen LogP contribution in [0.1, 0.15) is 0 Å². The van der Waals surface area contributed by atoms with Crippen LogP contribution in [0, 0.1) is 10.1 Å². The van der Waals surface area contributed by atoms with Gasteiger partial charge in [0.05, 0.1) is 12.0 Å². The summed E-state index contributed by atoms with van der Waals surface area (Å²) in [4.78, 5) is 10.3. The predicted octanol–water partition coefficient (Wildman–Crippen LogP) is 3.97. The second kappa shape index (κ2) is 6.75. The lowest BCUT2D eigenvalue weighted by Crippen LogP contribution is -1.96. The first-order valence-corrected chi connectivity index (χ1v) is 5.95. The van der Waals surface area contributed by atoms with Gasteiger partial charge in [-0.1, -0.05) is 29.1 Å². The Morgan fingerprint density at radius 2 is 2.00 bits per heavy atom. The number of hydrogen-bond acceptors (Lipinski definition) is 4. The van der Waals surface area contributed by atoms with Crippen molar-refractivity contribution in [3.8, 4) is 5.75 Å². The molecule has 0 aliphatic rings. The first-order valence-electron chi connectivity index (χ1n) is 5.15. The molecule has 0 N–H and O–H groups in total. The summed E-state index contributed by atoms with van der Waals surface area (Å²) in [5.74, 6) is 0.768. The zero-order chi connectivity index (χ0) is 14.4. The highest BCUT2D eigenvalue weighted by Crippen LogP contribution is 2.31. The fourth-order valence-electron chi connectivity index (χ4n) is 1.15. The Kier molecular flexibility index (Phi) is 5.32. The van der Waals surface area contributed by atoms with Crippen LogP contribution < -0.4 is 4.74 Å². The van der Waals surface area contributed by atoms with E-state index < -0.39 is 4.92 Å². The smallest absolute Gasteiger partial charge is 0.311 e. The van der Waals surface area contributed by atoms with Gasteiger partial charge >= 0.3 is 5.69 Å². The van der Waals surface area contributed by atoms with Crippen molar-refractivity contribution in [2.45, 2.75) is 0 Å². The highest BCUT2D eigenvalue weighted by Gasteiger charge is 2.15. The number of rotatable bonds is 6. The molecular formula is C13H12BrNO4. The zero-order valence-electron chi connectivity index (χ0n) is 10.3. The molecule has 5 nitrogen and oxygen atoms in total. The molecule has 1 rings (SSSR count). The van der Waals surface area contributed by atoms with Crippen molar-refractivity contribution >= 4 is 21.6 Å². The Bertz CT molecular complexity index is 552. The van der Waals surface area contributed by atoms with Gasteiger partial charge in [-0.25, -0.2) is 0 Å². The van der Waals surface area contributed by atoms with Crippen molar-refractivity contribution in [2.24, 2.45) is 0 Å². The molecule has 1 aromatic carbocycles. The summed E-state index contributed by atoms with van der Waals surface area (Å²) in [5.41, 5.74) is -0.136. The van der Waals surface area contributed by atoms with Crippen LogP contribution in [0.25, 0.3) is 0 Å². The molecule has 6 heteroatoms. The molecule has 0 amide bonds. The van der Waals surface area contributed by atoms with Crippen LogP contribution in [0.3, 0.4) is 0 Å². The number of allylic oxidation sites excluding steroid dienone is 2. The maximum atomic E-state index is 10.9. The fraction of sp³-hybridized carbons (Fsp3) is 0.0769. The molecule has 0 saturated carbocycles. The average Bonchev–Trinajstić information content (AvgIpc) is 2.35. The monoisotopic (exact) mass is 325 g/mol. The molecule has 19 heavy (non-hydrogen) atoms. The van der Waals surface area contributed by atoms with E-state index >= 15 is 0 Å². The van der Waals surface area contributed by atoms with E-state index in [4.69, 9.17) is 9.47 Å². The zero-order valence-corrected chi connectivity index (χ0v) is 11.8. The van der Waals surface area contributed by atoms with Crippen molar-refractivity contribution < 1.29 is 14.4 Å². The summed E-state index contributed by atoms with van der Waals surface area (Å²) in [7, 11) is 1.48. The molecule has 0 radical (unpaired) electrons. The summed E-state index contributed by atoms with van der Waals surface area (Å²) in [6, 6.07) is 4.42. The lowest BCUT2D eigenvalue weighted by molar-refractivity contribution is -0.385. The van der Waals surface area contributed by atoms with Crippen molar-refractivity contribution in [1.29, 1.82) is 0 Å². The Morgan fingerprint density at radius 3 is 2.58 bits per heavy atom. The molecule has 0 saturated heterocycles. The normalized spacial score (nSPS) is 10.2. The topological polar surface area (TPSA) is 61.6 Å². The lowest BCUT2D eigenvalue weighted by Gasteiger charge is -2.06. The van der Waals surface area contributed by atoms with Gasteiger partial charge in [0.15, 0.2) is 0 Å². The van der Waals surface area contributed by atoms with Gasteiger partial charge in [-0.3, -0.25) is 10.1 Å². The van der Waals surface area contributed by atoms with E-state index in [1.54, 1.807) is 12.1 Å². The van der Waals surface area contributed by atoms with Gasteiger partial charge in [0.1, 0.15) is 11.5 Å². The van der Waals surface area contributed by atoms with E-state index in [1.165, 1.54) is 25.3 Å². The molecule has 0 atom stereocenters. The van der Waals surface area contributed by atoms with Crippen molar-refractivity contribution in [3.63, 3.8) is 0 Å². The van der Waals surface area contributed by atoms with Gasteiger partial charge in [-0.15, -0.1) is 0 Å². The van der Waals surface area contributed by atoms with Gasteiger partial charge in [-0.05, 0) is 18.2 Å². The number of nitro groups is 1. The van der Waals surface area contributed by atoms with Crippen LogP contribution in [0.15, 0.2) is 59.5 Å². The van der Waals surface area contributed by atoms with E-state index in [0.717, 1.165) is 0 Å². The minimum Gasteiger partial charge on any atom is -0.497 e. The van der Waals surface area contributed by atoms with Gasteiger partial charge < -0.3 is 9.47 Å². The molecule has 0 aliphatic carbocycles. The second-order valence-corrected chi connectivity index (χ2v) is 4.36. The molecule has 0 spiro atoms. The van der Waals surface area contributed by atoms with E-state index in [0.29, 0.717) is 10.2 Å². The van der Waals surface area contributed by atoms with Gasteiger partial charge in [-0.2, -0.15) is 0 Å². The molecule has 1 aromatic rings. The summed E-state index contributed by atoms with van der Waals surface area (Å²) in [6.45, 7) is 7.23. The third-order valence-electron chi connectivity index (χ3n) is 2.08. The lowest BCUT2D eigenvalue weighted by atomic mass is 10.3. The number of methoxy groups -OCH3 is 1.